The van der Waals surface area contributed by atoms with E-state index in [0.29, 0.717) is 0 Å². The summed E-state index contributed by atoms with van der Waals surface area (Å²) in [5.74, 6) is 2.60. The van der Waals surface area contributed by atoms with Gasteiger partial charge in [-0.3, -0.25) is 0 Å². The molecule has 1 aromatic heterocycles. The first kappa shape index (κ1) is 20.1. The van der Waals surface area contributed by atoms with Crippen LogP contribution in [0.25, 0.3) is 22.5 Å². The minimum atomic E-state index is 0.177. The van der Waals surface area contributed by atoms with Crippen molar-refractivity contribution in [2.45, 2.75) is 17.1 Å². The summed E-state index contributed by atoms with van der Waals surface area (Å²) >= 11 is 1.79. The van der Waals surface area contributed by atoms with Crippen molar-refractivity contribution in [2.75, 3.05) is 14.2 Å². The fourth-order valence-corrected chi connectivity index (χ4v) is 4.21. The highest BCUT2D eigenvalue weighted by atomic mass is 32.2. The quantitative estimate of drug-likeness (QED) is 0.344. The highest BCUT2D eigenvalue weighted by Gasteiger charge is 2.19. The Morgan fingerprint density at radius 2 is 1.33 bits per heavy atom. The van der Waals surface area contributed by atoms with Crippen molar-refractivity contribution in [3.63, 3.8) is 0 Å². The van der Waals surface area contributed by atoms with Crippen molar-refractivity contribution < 1.29 is 9.47 Å². The fourth-order valence-electron chi connectivity index (χ4n) is 3.27. The monoisotopic (exact) mass is 416 g/mol. The molecular weight excluding hydrogens is 392 g/mol. The van der Waals surface area contributed by atoms with Crippen molar-refractivity contribution in [1.29, 1.82) is 0 Å². The largest absolute Gasteiger partial charge is 0.497 e. The number of nitrogens with zero attached hydrogens (tertiary/aromatic N) is 1. The summed E-state index contributed by atoms with van der Waals surface area (Å²) in [7, 11) is 3.35. The van der Waals surface area contributed by atoms with Gasteiger partial charge in [-0.15, -0.1) is 11.8 Å². The van der Waals surface area contributed by atoms with Crippen LogP contribution in [0.4, 0.5) is 0 Å². The summed E-state index contributed by atoms with van der Waals surface area (Å²) < 4.78 is 10.6. The number of nitrogens with one attached hydrogen (secondary N) is 1. The molecule has 0 saturated carbocycles. The Kier molecular flexibility index (Phi) is 6.10. The van der Waals surface area contributed by atoms with Gasteiger partial charge in [-0.2, -0.15) is 0 Å². The molecule has 1 atom stereocenters. The van der Waals surface area contributed by atoms with Crippen molar-refractivity contribution >= 4 is 11.8 Å². The van der Waals surface area contributed by atoms with Crippen LogP contribution >= 0.6 is 11.8 Å². The molecule has 4 rings (SSSR count). The molecule has 0 amide bonds. The third kappa shape index (κ3) is 4.36. The summed E-state index contributed by atoms with van der Waals surface area (Å²) in [6.07, 6.45) is 0. The fraction of sp³-hybridized carbons (Fsp3) is 0.160. The molecule has 0 radical (unpaired) electrons. The van der Waals surface area contributed by atoms with E-state index < -0.39 is 0 Å². The van der Waals surface area contributed by atoms with Gasteiger partial charge in [0.1, 0.15) is 17.3 Å². The van der Waals surface area contributed by atoms with Crippen LogP contribution < -0.4 is 9.47 Å². The minimum absolute atomic E-state index is 0.177. The van der Waals surface area contributed by atoms with Gasteiger partial charge in [0.05, 0.1) is 30.9 Å². The van der Waals surface area contributed by atoms with Crippen LogP contribution in [0.3, 0.4) is 0 Å². The SMILES string of the molecule is COc1ccc(-c2nc(C(C)Sc3ccccc3)[nH]c2-c2ccc(OC)cc2)cc1. The molecule has 4 aromatic rings. The van der Waals surface area contributed by atoms with Crippen LogP contribution in [0.15, 0.2) is 83.8 Å². The average molecular weight is 417 g/mol. The van der Waals surface area contributed by atoms with E-state index in [0.717, 1.165) is 39.8 Å². The first-order valence-corrected chi connectivity index (χ1v) is 10.7. The number of thioether (sulfide) groups is 1. The third-order valence-electron chi connectivity index (χ3n) is 4.91. The molecule has 152 valence electrons. The number of benzene rings is 3. The summed E-state index contributed by atoms with van der Waals surface area (Å²) in [5, 5.41) is 0.177. The van der Waals surface area contributed by atoms with Crippen LogP contribution in [-0.4, -0.2) is 24.2 Å². The van der Waals surface area contributed by atoms with Crippen LogP contribution in [0.1, 0.15) is 18.0 Å². The lowest BCUT2D eigenvalue weighted by molar-refractivity contribution is 0.414. The van der Waals surface area contributed by atoms with Crippen LogP contribution in [-0.2, 0) is 0 Å². The van der Waals surface area contributed by atoms with Gasteiger partial charge in [-0.1, -0.05) is 18.2 Å². The number of aromatic amines is 1. The lowest BCUT2D eigenvalue weighted by atomic mass is 10.0. The lowest BCUT2D eigenvalue weighted by Crippen LogP contribution is -1.91. The number of hydrogen-bond donors (Lipinski definition) is 1. The summed E-state index contributed by atoms with van der Waals surface area (Å²) in [5.41, 5.74) is 4.04. The molecule has 3 aromatic carbocycles. The molecular formula is C25H24N2O2S. The maximum atomic E-state index is 5.31. The second kappa shape index (κ2) is 9.09. The Labute approximate surface area is 181 Å². The van der Waals surface area contributed by atoms with Crippen LogP contribution in [0.2, 0.25) is 0 Å². The zero-order valence-electron chi connectivity index (χ0n) is 17.3. The molecule has 30 heavy (non-hydrogen) atoms. The van der Waals surface area contributed by atoms with E-state index >= 15 is 0 Å². The van der Waals surface area contributed by atoms with E-state index in [1.807, 2.05) is 42.5 Å². The molecule has 0 aliphatic rings. The number of hydrogen-bond acceptors (Lipinski definition) is 4. The first-order valence-electron chi connectivity index (χ1n) is 9.78. The highest BCUT2D eigenvalue weighted by Crippen LogP contribution is 2.38. The molecule has 0 aliphatic carbocycles. The number of methoxy groups -OCH3 is 2. The zero-order chi connectivity index (χ0) is 20.9. The van der Waals surface area contributed by atoms with E-state index in [-0.39, 0.29) is 5.25 Å². The van der Waals surface area contributed by atoms with E-state index in [2.05, 4.69) is 48.3 Å². The molecule has 1 N–H and O–H groups in total. The Hall–Kier alpha value is -3.18. The number of H-pyrrole nitrogens is 1. The Bertz CT molecular complexity index is 1030. The number of imidazole rings is 1. The van der Waals surface area contributed by atoms with Crippen molar-refractivity contribution in [3.05, 3.63) is 84.7 Å². The van der Waals surface area contributed by atoms with E-state index in [1.54, 1.807) is 26.0 Å². The van der Waals surface area contributed by atoms with Crippen molar-refractivity contribution in [2.24, 2.45) is 0 Å². The smallest absolute Gasteiger partial charge is 0.120 e. The second-order valence-corrected chi connectivity index (χ2v) is 8.29. The maximum absolute atomic E-state index is 5.31. The van der Waals surface area contributed by atoms with Crippen LogP contribution in [0.5, 0.6) is 11.5 Å². The van der Waals surface area contributed by atoms with Gasteiger partial charge in [-0.25, -0.2) is 4.98 Å². The summed E-state index contributed by atoms with van der Waals surface area (Å²) in [6.45, 7) is 2.17. The molecule has 0 fully saturated rings. The first-order chi connectivity index (χ1) is 14.7. The van der Waals surface area contributed by atoms with Gasteiger partial charge in [0.2, 0.25) is 0 Å². The Morgan fingerprint density at radius 1 is 0.767 bits per heavy atom. The summed E-state index contributed by atoms with van der Waals surface area (Å²) in [6, 6.07) is 26.4. The van der Waals surface area contributed by atoms with Crippen molar-refractivity contribution in [3.8, 4) is 34.0 Å². The molecule has 4 nitrogen and oxygen atoms in total. The van der Waals surface area contributed by atoms with E-state index in [9.17, 15) is 0 Å². The lowest BCUT2D eigenvalue weighted by Gasteiger charge is -2.08. The predicted molar refractivity (Wildman–Crippen MR) is 123 cm³/mol. The van der Waals surface area contributed by atoms with Gasteiger partial charge in [0.15, 0.2) is 0 Å². The number of aromatic nitrogens is 2. The highest BCUT2D eigenvalue weighted by molar-refractivity contribution is 7.99. The van der Waals surface area contributed by atoms with Gasteiger partial charge in [0, 0.05) is 16.0 Å². The normalized spacial score (nSPS) is 11.8. The topological polar surface area (TPSA) is 47.1 Å². The molecule has 1 heterocycles. The molecule has 0 bridgehead atoms. The van der Waals surface area contributed by atoms with Gasteiger partial charge in [-0.05, 0) is 67.6 Å². The number of rotatable bonds is 7. The maximum Gasteiger partial charge on any atom is 0.120 e. The zero-order valence-corrected chi connectivity index (χ0v) is 18.1. The number of ether oxygens (including phenoxy) is 2. The average Bonchev–Trinajstić information content (AvgIpc) is 3.25. The third-order valence-corrected chi connectivity index (χ3v) is 6.03. The van der Waals surface area contributed by atoms with Gasteiger partial charge in [0.25, 0.3) is 0 Å². The van der Waals surface area contributed by atoms with Crippen LogP contribution in [0, 0.1) is 0 Å². The predicted octanol–water partition coefficient (Wildman–Crippen LogP) is 6.61. The standard InChI is InChI=1S/C25H24N2O2S/c1-17(30-22-7-5-4-6-8-22)25-26-23(18-9-13-20(28-2)14-10-18)24(27-25)19-11-15-21(29-3)16-12-19/h4-17H,1-3H3,(H,26,27). The van der Waals surface area contributed by atoms with Gasteiger partial charge < -0.3 is 14.5 Å². The molecule has 5 heteroatoms. The molecule has 0 spiro atoms. The van der Waals surface area contributed by atoms with E-state index in [1.165, 1.54) is 4.90 Å². The molecule has 0 aliphatic heterocycles. The molecule has 0 saturated heterocycles. The Morgan fingerprint density at radius 3 is 1.90 bits per heavy atom. The van der Waals surface area contributed by atoms with Crippen molar-refractivity contribution in [1.82, 2.24) is 9.97 Å². The second-order valence-electron chi connectivity index (χ2n) is 6.88. The van der Waals surface area contributed by atoms with Gasteiger partial charge >= 0.3 is 0 Å². The van der Waals surface area contributed by atoms with E-state index in [4.69, 9.17) is 14.5 Å². The Balaban J connectivity index is 1.73. The molecule has 1 unspecified atom stereocenters. The minimum Gasteiger partial charge on any atom is -0.497 e. The summed E-state index contributed by atoms with van der Waals surface area (Å²) in [4.78, 5) is 9.80.